The Kier molecular flexibility index (Phi) is 4.83. The van der Waals surface area contributed by atoms with E-state index in [1.165, 1.54) is 30.3 Å². The third-order valence-electron chi connectivity index (χ3n) is 3.93. The van der Waals surface area contributed by atoms with Crippen molar-refractivity contribution in [3.05, 3.63) is 36.0 Å². The molecule has 1 amide bonds. The number of carbonyl (C=O) groups excluding carboxylic acids is 1. The van der Waals surface area contributed by atoms with Crippen LogP contribution in [0.15, 0.2) is 41.2 Å². The summed E-state index contributed by atoms with van der Waals surface area (Å²) in [6.45, 7) is 2.78. The zero-order valence-electron chi connectivity index (χ0n) is 12.8. The van der Waals surface area contributed by atoms with Crippen molar-refractivity contribution in [3.63, 3.8) is 0 Å². The zero-order valence-corrected chi connectivity index (χ0v) is 13.7. The van der Waals surface area contributed by atoms with Crippen LogP contribution in [0, 0.1) is 0 Å². The fraction of sp³-hybridized carbons (Fsp3) is 0.412. The molecule has 0 saturated heterocycles. The molecule has 1 N–H and O–H groups in total. The molecule has 0 unspecified atom stereocenters. The first-order valence-corrected chi connectivity index (χ1v) is 8.83. The fourth-order valence-corrected chi connectivity index (χ4v) is 3.57. The molecular formula is C17H21N3OS. The molecule has 0 fully saturated rings. The Morgan fingerprint density at radius 1 is 1.36 bits per heavy atom. The number of aromatic nitrogens is 2. The lowest BCUT2D eigenvalue weighted by atomic mass is 10.0. The molecule has 0 saturated carbocycles. The van der Waals surface area contributed by atoms with E-state index in [0.717, 1.165) is 35.6 Å². The van der Waals surface area contributed by atoms with Crippen LogP contribution >= 0.6 is 11.8 Å². The largest absolute Gasteiger partial charge is 0.333 e. The normalized spacial score (nSPS) is 14.9. The van der Waals surface area contributed by atoms with E-state index in [2.05, 4.69) is 16.0 Å². The monoisotopic (exact) mass is 315 g/mol. The molecule has 116 valence electrons. The summed E-state index contributed by atoms with van der Waals surface area (Å²) in [6.07, 6.45) is 6.76. The lowest BCUT2D eigenvalue weighted by Gasteiger charge is -2.26. The smallest absolute Gasteiger partial charge is 0.237 e. The maximum absolute atomic E-state index is 12.5. The van der Waals surface area contributed by atoms with Gasteiger partial charge in [0, 0.05) is 12.2 Å². The van der Waals surface area contributed by atoms with Gasteiger partial charge < -0.3 is 9.88 Å². The van der Waals surface area contributed by atoms with Crippen LogP contribution in [0.25, 0.3) is 11.0 Å². The minimum Gasteiger partial charge on any atom is -0.333 e. The molecule has 1 heterocycles. The highest BCUT2D eigenvalue weighted by Gasteiger charge is 2.18. The van der Waals surface area contributed by atoms with Crippen molar-refractivity contribution < 1.29 is 4.79 Å². The van der Waals surface area contributed by atoms with E-state index in [9.17, 15) is 4.79 Å². The molecule has 5 heteroatoms. The Morgan fingerprint density at radius 2 is 2.23 bits per heavy atom. The maximum atomic E-state index is 12.5. The number of fused-ring (bicyclic) bond motifs is 1. The minimum atomic E-state index is 0.168. The summed E-state index contributed by atoms with van der Waals surface area (Å²) in [6, 6.07) is 7.92. The van der Waals surface area contributed by atoms with Gasteiger partial charge in [-0.2, -0.15) is 0 Å². The lowest BCUT2D eigenvalue weighted by molar-refractivity contribution is -0.126. The SMILES string of the molecule is CCN(C(=O)CSc1nc2ccccc2[nH]1)C1=CCCCC1. The lowest BCUT2D eigenvalue weighted by Crippen LogP contribution is -2.32. The van der Waals surface area contributed by atoms with E-state index < -0.39 is 0 Å². The third-order valence-corrected chi connectivity index (χ3v) is 4.79. The summed E-state index contributed by atoms with van der Waals surface area (Å²) in [7, 11) is 0. The standard InChI is InChI=1S/C17H21N3OS/c1-2-20(13-8-4-3-5-9-13)16(21)12-22-17-18-14-10-6-7-11-15(14)19-17/h6-8,10-11H,2-5,9,12H2,1H3,(H,18,19). The molecule has 0 bridgehead atoms. The van der Waals surface area contributed by atoms with Gasteiger partial charge in [0.2, 0.25) is 5.91 Å². The molecule has 3 rings (SSSR count). The number of H-pyrrole nitrogens is 1. The number of thioether (sulfide) groups is 1. The van der Waals surface area contributed by atoms with Gasteiger partial charge in [0.25, 0.3) is 0 Å². The van der Waals surface area contributed by atoms with Gasteiger partial charge in [-0.05, 0) is 44.7 Å². The number of carbonyl (C=O) groups is 1. The Morgan fingerprint density at radius 3 is 2.95 bits per heavy atom. The molecule has 4 nitrogen and oxygen atoms in total. The number of benzene rings is 1. The van der Waals surface area contributed by atoms with Crippen molar-refractivity contribution in [1.29, 1.82) is 0 Å². The summed E-state index contributed by atoms with van der Waals surface area (Å²) in [4.78, 5) is 22.2. The molecule has 1 aromatic carbocycles. The number of aromatic amines is 1. The fourth-order valence-electron chi connectivity index (χ4n) is 2.81. The molecule has 0 aliphatic heterocycles. The maximum Gasteiger partial charge on any atom is 0.237 e. The summed E-state index contributed by atoms with van der Waals surface area (Å²) in [5.41, 5.74) is 3.16. The first kappa shape index (κ1) is 15.2. The van der Waals surface area contributed by atoms with Crippen molar-refractivity contribution in [2.24, 2.45) is 0 Å². The first-order chi connectivity index (χ1) is 10.8. The zero-order chi connectivity index (χ0) is 15.4. The minimum absolute atomic E-state index is 0.168. The van der Waals surface area contributed by atoms with E-state index >= 15 is 0 Å². The molecule has 1 aliphatic carbocycles. The predicted octanol–water partition coefficient (Wildman–Crippen LogP) is 3.96. The number of hydrogen-bond acceptors (Lipinski definition) is 3. The van der Waals surface area contributed by atoms with Crippen LogP contribution < -0.4 is 0 Å². The van der Waals surface area contributed by atoms with Crippen LogP contribution in [-0.4, -0.2) is 33.1 Å². The highest BCUT2D eigenvalue weighted by atomic mass is 32.2. The number of para-hydroxylation sites is 2. The number of hydrogen-bond donors (Lipinski definition) is 1. The Labute approximate surface area is 135 Å². The molecule has 22 heavy (non-hydrogen) atoms. The van der Waals surface area contributed by atoms with E-state index in [4.69, 9.17) is 0 Å². The predicted molar refractivity (Wildman–Crippen MR) is 90.8 cm³/mol. The van der Waals surface area contributed by atoms with Crippen molar-refractivity contribution in [3.8, 4) is 0 Å². The van der Waals surface area contributed by atoms with Crippen LogP contribution in [0.3, 0.4) is 0 Å². The Balaban J connectivity index is 1.64. The third kappa shape index (κ3) is 3.35. The van der Waals surface area contributed by atoms with Gasteiger partial charge in [-0.3, -0.25) is 4.79 Å². The topological polar surface area (TPSA) is 49.0 Å². The quantitative estimate of drug-likeness (QED) is 0.850. The average molecular weight is 315 g/mol. The molecule has 0 spiro atoms. The molecule has 1 aliphatic rings. The van der Waals surface area contributed by atoms with Gasteiger partial charge in [-0.15, -0.1) is 0 Å². The number of amides is 1. The average Bonchev–Trinajstić information content (AvgIpc) is 2.97. The van der Waals surface area contributed by atoms with Crippen molar-refractivity contribution in [1.82, 2.24) is 14.9 Å². The summed E-state index contributed by atoms with van der Waals surface area (Å²) in [5, 5.41) is 0.809. The van der Waals surface area contributed by atoms with Crippen LogP contribution in [0.2, 0.25) is 0 Å². The highest BCUT2D eigenvalue weighted by Crippen LogP contribution is 2.23. The van der Waals surface area contributed by atoms with Gasteiger partial charge in [-0.25, -0.2) is 4.98 Å². The number of rotatable bonds is 5. The number of imidazole rings is 1. The van der Waals surface area contributed by atoms with Crippen LogP contribution in [0.4, 0.5) is 0 Å². The van der Waals surface area contributed by atoms with Gasteiger partial charge in [-0.1, -0.05) is 30.0 Å². The van der Waals surface area contributed by atoms with Crippen LogP contribution in [-0.2, 0) is 4.79 Å². The van der Waals surface area contributed by atoms with Crippen molar-refractivity contribution in [2.45, 2.75) is 37.8 Å². The van der Waals surface area contributed by atoms with E-state index in [1.54, 1.807) is 0 Å². The second kappa shape index (κ2) is 7.01. The highest BCUT2D eigenvalue weighted by molar-refractivity contribution is 7.99. The number of allylic oxidation sites excluding steroid dienone is 2. The van der Waals surface area contributed by atoms with E-state index in [1.807, 2.05) is 36.1 Å². The first-order valence-electron chi connectivity index (χ1n) is 7.85. The van der Waals surface area contributed by atoms with E-state index in [-0.39, 0.29) is 5.91 Å². The molecule has 0 atom stereocenters. The Bertz CT molecular complexity index is 659. The molecular weight excluding hydrogens is 294 g/mol. The number of nitrogens with one attached hydrogen (secondary N) is 1. The summed E-state index contributed by atoms with van der Waals surface area (Å²) < 4.78 is 0. The summed E-state index contributed by atoms with van der Waals surface area (Å²) in [5.74, 6) is 0.589. The Hall–Kier alpha value is -1.75. The molecule has 2 aromatic rings. The van der Waals surface area contributed by atoms with Gasteiger partial charge in [0.05, 0.1) is 16.8 Å². The van der Waals surface area contributed by atoms with Crippen LogP contribution in [0.1, 0.15) is 32.6 Å². The van der Waals surface area contributed by atoms with Gasteiger partial charge in [0.15, 0.2) is 5.16 Å². The molecule has 1 aromatic heterocycles. The number of nitrogens with zero attached hydrogens (tertiary/aromatic N) is 2. The molecule has 0 radical (unpaired) electrons. The summed E-state index contributed by atoms with van der Waals surface area (Å²) >= 11 is 1.48. The van der Waals surface area contributed by atoms with Crippen molar-refractivity contribution >= 4 is 28.7 Å². The van der Waals surface area contributed by atoms with E-state index in [0.29, 0.717) is 5.75 Å². The van der Waals surface area contributed by atoms with Crippen molar-refractivity contribution in [2.75, 3.05) is 12.3 Å². The second-order valence-electron chi connectivity index (χ2n) is 5.43. The second-order valence-corrected chi connectivity index (χ2v) is 6.39. The van der Waals surface area contributed by atoms with Crippen LogP contribution in [0.5, 0.6) is 0 Å². The van der Waals surface area contributed by atoms with Gasteiger partial charge >= 0.3 is 0 Å². The van der Waals surface area contributed by atoms with Gasteiger partial charge in [0.1, 0.15) is 0 Å².